The Kier molecular flexibility index (Phi) is 5.84. The Bertz CT molecular complexity index is 292. The van der Waals surface area contributed by atoms with E-state index in [2.05, 4.69) is 16.1 Å². The molecule has 0 bridgehead atoms. The molecular formula is C10H15NO5. The minimum atomic E-state index is -1.06. The van der Waals surface area contributed by atoms with Crippen LogP contribution in [0.3, 0.4) is 0 Å². The Labute approximate surface area is 93.8 Å². The van der Waals surface area contributed by atoms with Crippen LogP contribution in [0, 0.1) is 0 Å². The van der Waals surface area contributed by atoms with E-state index in [-0.39, 0.29) is 23.7 Å². The van der Waals surface area contributed by atoms with Gasteiger partial charge in [-0.05, 0) is 20.8 Å². The molecule has 16 heavy (non-hydrogen) atoms. The molecule has 0 unspecified atom stereocenters. The summed E-state index contributed by atoms with van der Waals surface area (Å²) in [6.07, 6.45) is -2.12. The van der Waals surface area contributed by atoms with E-state index in [1.807, 2.05) is 0 Å². The normalized spacial score (nSPS) is 9.19. The van der Waals surface area contributed by atoms with Gasteiger partial charge >= 0.3 is 12.2 Å². The summed E-state index contributed by atoms with van der Waals surface area (Å²) < 4.78 is 9.13. The van der Waals surface area contributed by atoms with Crippen LogP contribution in [0.1, 0.15) is 20.8 Å². The molecule has 0 spiro atoms. The molecule has 3 amide bonds. The summed E-state index contributed by atoms with van der Waals surface area (Å²) in [7, 11) is 0. The fraction of sp³-hybridized carbons (Fsp3) is 0.500. The van der Waals surface area contributed by atoms with Crippen LogP contribution >= 0.6 is 0 Å². The molecule has 0 saturated carbocycles. The second-order valence-electron chi connectivity index (χ2n) is 2.82. The highest BCUT2D eigenvalue weighted by molar-refractivity contribution is 6.12. The first-order valence-corrected chi connectivity index (χ1v) is 4.79. The maximum absolute atomic E-state index is 11.5. The molecule has 0 aliphatic carbocycles. The number of rotatable bonds is 3. The highest BCUT2D eigenvalue weighted by Gasteiger charge is 2.31. The molecule has 0 aromatic rings. The van der Waals surface area contributed by atoms with Gasteiger partial charge in [-0.25, -0.2) is 9.59 Å². The molecule has 0 saturated heterocycles. The van der Waals surface area contributed by atoms with Crippen molar-refractivity contribution in [1.29, 1.82) is 0 Å². The van der Waals surface area contributed by atoms with Gasteiger partial charge in [-0.2, -0.15) is 0 Å². The minimum Gasteiger partial charge on any atom is -0.449 e. The number of amides is 3. The Balaban J connectivity index is 4.89. The van der Waals surface area contributed by atoms with Crippen molar-refractivity contribution in [2.45, 2.75) is 20.8 Å². The zero-order valence-electron chi connectivity index (χ0n) is 9.61. The van der Waals surface area contributed by atoms with Gasteiger partial charge < -0.3 is 9.47 Å². The number of imide groups is 3. The average molecular weight is 229 g/mol. The van der Waals surface area contributed by atoms with E-state index in [9.17, 15) is 14.4 Å². The van der Waals surface area contributed by atoms with Gasteiger partial charge in [-0.15, -0.1) is 4.90 Å². The zero-order valence-corrected chi connectivity index (χ0v) is 9.61. The van der Waals surface area contributed by atoms with E-state index in [0.29, 0.717) is 0 Å². The van der Waals surface area contributed by atoms with Crippen molar-refractivity contribution < 1.29 is 23.9 Å². The van der Waals surface area contributed by atoms with Crippen molar-refractivity contribution in [3.63, 3.8) is 0 Å². The third-order valence-electron chi connectivity index (χ3n) is 1.47. The molecule has 0 aromatic carbocycles. The van der Waals surface area contributed by atoms with Gasteiger partial charge in [-0.1, -0.05) is 6.58 Å². The predicted octanol–water partition coefficient (Wildman–Crippen LogP) is 1.70. The molecule has 90 valence electrons. The summed E-state index contributed by atoms with van der Waals surface area (Å²) in [6.45, 7) is 7.97. The van der Waals surface area contributed by atoms with Crippen LogP contribution < -0.4 is 0 Å². The molecular weight excluding hydrogens is 214 g/mol. The molecule has 0 rings (SSSR count). The smallest absolute Gasteiger partial charge is 0.426 e. The topological polar surface area (TPSA) is 72.9 Å². The van der Waals surface area contributed by atoms with Crippen LogP contribution in [0.5, 0.6) is 0 Å². The third kappa shape index (κ3) is 3.72. The minimum absolute atomic E-state index is 0.0427. The lowest BCUT2D eigenvalue weighted by atomic mass is 10.3. The molecule has 0 atom stereocenters. The third-order valence-corrected chi connectivity index (χ3v) is 1.47. The molecule has 0 fully saturated rings. The lowest BCUT2D eigenvalue weighted by Crippen LogP contribution is -2.42. The number of nitrogens with zero attached hydrogens (tertiary/aromatic N) is 1. The van der Waals surface area contributed by atoms with Crippen LogP contribution in [0.2, 0.25) is 0 Å². The Hall–Kier alpha value is -1.85. The molecule has 6 nitrogen and oxygen atoms in total. The molecule has 0 N–H and O–H groups in total. The second-order valence-corrected chi connectivity index (χ2v) is 2.82. The quantitative estimate of drug-likeness (QED) is 0.689. The molecule has 6 heteroatoms. The largest absolute Gasteiger partial charge is 0.449 e. The monoisotopic (exact) mass is 229 g/mol. The fourth-order valence-corrected chi connectivity index (χ4v) is 0.807. The van der Waals surface area contributed by atoms with Gasteiger partial charge in [-0.3, -0.25) is 4.79 Å². The number of carbonyl (C=O) groups excluding carboxylic acids is 3. The lowest BCUT2D eigenvalue weighted by molar-refractivity contribution is -0.124. The van der Waals surface area contributed by atoms with Gasteiger partial charge in [0.15, 0.2) is 0 Å². The van der Waals surface area contributed by atoms with Crippen molar-refractivity contribution in [3.8, 4) is 0 Å². The standard InChI is InChI=1S/C10H15NO5/c1-5-15-9(13)11(8(12)7(3)4)10(14)16-6-2/h3,5-6H2,1-2,4H3. The number of hydrogen-bond acceptors (Lipinski definition) is 5. The van der Waals surface area contributed by atoms with Crippen molar-refractivity contribution in [2.24, 2.45) is 0 Å². The van der Waals surface area contributed by atoms with Gasteiger partial charge in [0.25, 0.3) is 5.91 Å². The van der Waals surface area contributed by atoms with Gasteiger partial charge in [0.2, 0.25) is 0 Å². The highest BCUT2D eigenvalue weighted by atomic mass is 16.6. The Morgan fingerprint density at radius 3 is 1.69 bits per heavy atom. The van der Waals surface area contributed by atoms with Crippen LogP contribution in [-0.2, 0) is 14.3 Å². The Morgan fingerprint density at radius 1 is 1.06 bits per heavy atom. The molecule has 0 heterocycles. The summed E-state index contributed by atoms with van der Waals surface area (Å²) in [5.74, 6) is -0.836. The lowest BCUT2D eigenvalue weighted by Gasteiger charge is -2.17. The first kappa shape index (κ1) is 14.2. The van der Waals surface area contributed by atoms with Crippen molar-refractivity contribution >= 4 is 18.1 Å². The van der Waals surface area contributed by atoms with Crippen LogP contribution in [0.25, 0.3) is 0 Å². The SMILES string of the molecule is C=C(C)C(=O)N(C(=O)OCC)C(=O)OCC. The fourth-order valence-electron chi connectivity index (χ4n) is 0.807. The van der Waals surface area contributed by atoms with E-state index >= 15 is 0 Å². The number of carbonyl (C=O) groups is 3. The van der Waals surface area contributed by atoms with E-state index < -0.39 is 18.1 Å². The number of ether oxygens (including phenoxy) is 2. The predicted molar refractivity (Wildman–Crippen MR) is 55.7 cm³/mol. The molecule has 0 aliphatic rings. The van der Waals surface area contributed by atoms with Gasteiger partial charge in [0.1, 0.15) is 0 Å². The van der Waals surface area contributed by atoms with Crippen molar-refractivity contribution in [1.82, 2.24) is 4.90 Å². The van der Waals surface area contributed by atoms with Crippen molar-refractivity contribution in [2.75, 3.05) is 13.2 Å². The maximum atomic E-state index is 11.5. The second kappa shape index (κ2) is 6.60. The van der Waals surface area contributed by atoms with E-state index in [4.69, 9.17) is 0 Å². The van der Waals surface area contributed by atoms with Crippen LogP contribution in [0.4, 0.5) is 9.59 Å². The average Bonchev–Trinajstić information content (AvgIpc) is 2.18. The first-order valence-electron chi connectivity index (χ1n) is 4.79. The Morgan fingerprint density at radius 2 is 1.44 bits per heavy atom. The van der Waals surface area contributed by atoms with E-state index in [0.717, 1.165) is 0 Å². The van der Waals surface area contributed by atoms with Crippen molar-refractivity contribution in [3.05, 3.63) is 12.2 Å². The van der Waals surface area contributed by atoms with Crippen LogP contribution in [0.15, 0.2) is 12.2 Å². The van der Waals surface area contributed by atoms with Gasteiger partial charge in [0, 0.05) is 5.57 Å². The maximum Gasteiger partial charge on any atom is 0.426 e. The van der Waals surface area contributed by atoms with E-state index in [1.54, 1.807) is 13.8 Å². The van der Waals surface area contributed by atoms with E-state index in [1.165, 1.54) is 6.92 Å². The first-order chi connectivity index (χ1) is 7.45. The summed E-state index contributed by atoms with van der Waals surface area (Å²) in [5, 5.41) is 0. The molecule has 0 aromatic heterocycles. The molecule has 0 aliphatic heterocycles. The highest BCUT2D eigenvalue weighted by Crippen LogP contribution is 2.05. The summed E-state index contributed by atoms with van der Waals surface area (Å²) in [6, 6.07) is 0. The zero-order chi connectivity index (χ0) is 12.7. The molecule has 0 radical (unpaired) electrons. The van der Waals surface area contributed by atoms with Crippen LogP contribution in [-0.4, -0.2) is 36.2 Å². The summed E-state index contributed by atoms with van der Waals surface area (Å²) in [4.78, 5) is 34.5. The summed E-state index contributed by atoms with van der Waals surface area (Å²) in [5.41, 5.74) is 0.0427. The summed E-state index contributed by atoms with van der Waals surface area (Å²) >= 11 is 0. The number of hydrogen-bond donors (Lipinski definition) is 0. The van der Waals surface area contributed by atoms with Gasteiger partial charge in [0.05, 0.1) is 13.2 Å².